The van der Waals surface area contributed by atoms with E-state index in [1.165, 1.54) is 38.5 Å². The molecule has 0 heterocycles. The molecular weight excluding hydrogens is 370 g/mol. The van der Waals surface area contributed by atoms with Crippen LogP contribution in [0.3, 0.4) is 0 Å². The summed E-state index contributed by atoms with van der Waals surface area (Å²) in [4.78, 5) is 13.4. The van der Waals surface area contributed by atoms with Crippen LogP contribution >= 0.6 is 0 Å². The molecule has 0 aliphatic rings. The molecule has 0 aromatic carbocycles. The Balaban J connectivity index is 4.16. The van der Waals surface area contributed by atoms with Gasteiger partial charge in [-0.3, -0.25) is 4.90 Å². The third kappa shape index (κ3) is 15.4. The van der Waals surface area contributed by atoms with Gasteiger partial charge < -0.3 is 20.1 Å². The molecule has 0 aromatic rings. The quantitative estimate of drug-likeness (QED) is 0.193. The lowest BCUT2D eigenvalue weighted by atomic mass is 10.1. The fraction of sp³-hybridized carbons (Fsp3) is 0.870. The van der Waals surface area contributed by atoms with Crippen molar-refractivity contribution in [2.24, 2.45) is 5.92 Å². The molecule has 6 nitrogen and oxygen atoms in total. The van der Waals surface area contributed by atoms with Gasteiger partial charge in [0, 0.05) is 13.1 Å². The molecule has 3 unspecified atom stereocenters. The van der Waals surface area contributed by atoms with Gasteiger partial charge >= 0.3 is 5.97 Å². The highest BCUT2D eigenvalue weighted by Crippen LogP contribution is 2.11. The Morgan fingerprint density at radius 2 is 1.66 bits per heavy atom. The molecule has 170 valence electrons. The molecule has 0 saturated carbocycles. The topological polar surface area (TPSA) is 90.2 Å². The maximum absolute atomic E-state index is 11.5. The molecule has 0 aliphatic heterocycles. The molecule has 3 atom stereocenters. The van der Waals surface area contributed by atoms with Crippen LogP contribution in [0.1, 0.15) is 78.6 Å². The highest BCUT2D eigenvalue weighted by Gasteiger charge is 2.22. The summed E-state index contributed by atoms with van der Waals surface area (Å²) in [5.74, 6) is 4.60. The van der Waals surface area contributed by atoms with E-state index in [2.05, 4.69) is 18.8 Å². The van der Waals surface area contributed by atoms with Gasteiger partial charge in [-0.2, -0.15) is 0 Å². The minimum Gasteiger partial charge on any atom is -0.464 e. The van der Waals surface area contributed by atoms with Crippen LogP contribution in [-0.2, 0) is 9.53 Å². The van der Waals surface area contributed by atoms with Gasteiger partial charge in [0.25, 0.3) is 0 Å². The maximum atomic E-state index is 11.5. The molecule has 0 fully saturated rings. The number of unbranched alkanes of at least 4 members (excludes halogenated alkanes) is 7. The van der Waals surface area contributed by atoms with Crippen molar-refractivity contribution in [1.29, 1.82) is 0 Å². The third-order valence-corrected chi connectivity index (χ3v) is 4.91. The molecule has 0 radical (unpaired) electrons. The van der Waals surface area contributed by atoms with E-state index in [0.717, 1.165) is 19.3 Å². The average Bonchev–Trinajstić information content (AvgIpc) is 2.69. The lowest BCUT2D eigenvalue weighted by Gasteiger charge is -2.22. The van der Waals surface area contributed by atoms with Gasteiger partial charge in [-0.25, -0.2) is 4.79 Å². The van der Waals surface area contributed by atoms with Gasteiger partial charge in [-0.1, -0.05) is 70.1 Å². The fourth-order valence-corrected chi connectivity index (χ4v) is 3.11. The Labute approximate surface area is 177 Å². The van der Waals surface area contributed by atoms with Crippen molar-refractivity contribution in [3.8, 4) is 11.8 Å². The van der Waals surface area contributed by atoms with Gasteiger partial charge in [0.15, 0.2) is 6.10 Å². The molecule has 6 heteroatoms. The largest absolute Gasteiger partial charge is 0.464 e. The van der Waals surface area contributed by atoms with E-state index in [1.807, 2.05) is 4.90 Å². The summed E-state index contributed by atoms with van der Waals surface area (Å²) in [6, 6.07) is 0. The first-order valence-electron chi connectivity index (χ1n) is 11.3. The van der Waals surface area contributed by atoms with Crippen molar-refractivity contribution in [3.63, 3.8) is 0 Å². The van der Waals surface area contributed by atoms with E-state index in [4.69, 9.17) is 4.74 Å². The molecule has 0 aromatic heterocycles. The maximum Gasteiger partial charge on any atom is 0.336 e. The van der Waals surface area contributed by atoms with E-state index in [0.29, 0.717) is 19.6 Å². The van der Waals surface area contributed by atoms with Gasteiger partial charge in [-0.05, 0) is 20.3 Å². The molecule has 0 saturated heterocycles. The van der Waals surface area contributed by atoms with Crippen LogP contribution in [0.5, 0.6) is 0 Å². The predicted molar refractivity (Wildman–Crippen MR) is 116 cm³/mol. The SMILES string of the molecule is CCCCCCCCCCC(O)CN(CC#CC(C)C(O)C(=O)OCC)CCO. The van der Waals surface area contributed by atoms with Crippen LogP contribution in [0.25, 0.3) is 0 Å². The number of carbonyl (C=O) groups is 1. The summed E-state index contributed by atoms with van der Waals surface area (Å²) in [7, 11) is 0. The molecule has 29 heavy (non-hydrogen) atoms. The smallest absolute Gasteiger partial charge is 0.336 e. The predicted octanol–water partition coefficient (Wildman–Crippen LogP) is 2.74. The van der Waals surface area contributed by atoms with Crippen LogP contribution in [0.4, 0.5) is 0 Å². The Kier molecular flexibility index (Phi) is 18.1. The van der Waals surface area contributed by atoms with Crippen molar-refractivity contribution in [2.75, 3.05) is 32.8 Å². The molecule has 3 N–H and O–H groups in total. The molecular formula is C23H43NO5. The van der Waals surface area contributed by atoms with E-state index in [-0.39, 0.29) is 13.2 Å². The van der Waals surface area contributed by atoms with E-state index < -0.39 is 24.1 Å². The van der Waals surface area contributed by atoms with Crippen LogP contribution in [0.2, 0.25) is 0 Å². The summed E-state index contributed by atoms with van der Waals surface area (Å²) >= 11 is 0. The van der Waals surface area contributed by atoms with Crippen molar-refractivity contribution in [3.05, 3.63) is 0 Å². The number of hydrogen-bond donors (Lipinski definition) is 3. The van der Waals surface area contributed by atoms with Gasteiger partial charge in [0.05, 0.1) is 31.8 Å². The highest BCUT2D eigenvalue weighted by molar-refractivity contribution is 5.75. The summed E-state index contributed by atoms with van der Waals surface area (Å²) in [6.07, 6.45) is 8.93. The average molecular weight is 414 g/mol. The first-order chi connectivity index (χ1) is 14.0. The van der Waals surface area contributed by atoms with E-state index >= 15 is 0 Å². The lowest BCUT2D eigenvalue weighted by molar-refractivity contribution is -0.154. The molecule has 0 aliphatic carbocycles. The highest BCUT2D eigenvalue weighted by atomic mass is 16.5. The van der Waals surface area contributed by atoms with E-state index in [1.54, 1.807) is 13.8 Å². The molecule has 0 amide bonds. The van der Waals surface area contributed by atoms with Crippen LogP contribution in [-0.4, -0.2) is 71.2 Å². The van der Waals surface area contributed by atoms with Gasteiger partial charge in [0.2, 0.25) is 0 Å². The zero-order valence-electron chi connectivity index (χ0n) is 18.7. The number of nitrogens with zero attached hydrogens (tertiary/aromatic N) is 1. The second kappa shape index (κ2) is 18.9. The number of aliphatic hydroxyl groups is 3. The normalized spacial score (nSPS) is 14.2. The number of ether oxygens (including phenoxy) is 1. The standard InChI is InChI=1S/C23H43NO5/c1-4-6-7-8-9-10-11-12-15-21(26)19-24(17-18-25)16-13-14-20(3)22(27)23(28)29-5-2/h20-22,25-27H,4-12,15-19H2,1-3H3. The zero-order chi connectivity index (χ0) is 21.9. The first kappa shape index (κ1) is 27.9. The molecule has 0 spiro atoms. The summed E-state index contributed by atoms with van der Waals surface area (Å²) in [6.45, 7) is 7.05. The fourth-order valence-electron chi connectivity index (χ4n) is 3.11. The monoisotopic (exact) mass is 413 g/mol. The van der Waals surface area contributed by atoms with Crippen LogP contribution < -0.4 is 0 Å². The number of carbonyl (C=O) groups excluding carboxylic acids is 1. The zero-order valence-corrected chi connectivity index (χ0v) is 18.7. The number of esters is 1. The Bertz CT molecular complexity index is 460. The summed E-state index contributed by atoms with van der Waals surface area (Å²) in [5, 5.41) is 29.4. The third-order valence-electron chi connectivity index (χ3n) is 4.91. The summed E-state index contributed by atoms with van der Waals surface area (Å²) in [5.41, 5.74) is 0. The van der Waals surface area contributed by atoms with E-state index in [9.17, 15) is 20.1 Å². The Hall–Kier alpha value is -1.13. The lowest BCUT2D eigenvalue weighted by Crippen LogP contribution is -2.35. The Morgan fingerprint density at radius 3 is 2.24 bits per heavy atom. The van der Waals surface area contributed by atoms with Crippen LogP contribution in [0, 0.1) is 17.8 Å². The van der Waals surface area contributed by atoms with Gasteiger partial charge in [0.1, 0.15) is 0 Å². The van der Waals surface area contributed by atoms with Crippen molar-refractivity contribution >= 4 is 5.97 Å². The Morgan fingerprint density at radius 1 is 1.03 bits per heavy atom. The van der Waals surface area contributed by atoms with Gasteiger partial charge in [-0.15, -0.1) is 0 Å². The minimum atomic E-state index is -1.26. The second-order valence-electron chi connectivity index (χ2n) is 7.68. The van der Waals surface area contributed by atoms with Crippen LogP contribution in [0.15, 0.2) is 0 Å². The molecule has 0 bridgehead atoms. The first-order valence-corrected chi connectivity index (χ1v) is 11.3. The summed E-state index contributed by atoms with van der Waals surface area (Å²) < 4.78 is 4.79. The number of rotatable bonds is 17. The number of aliphatic hydroxyl groups excluding tert-OH is 3. The molecule has 0 rings (SSSR count). The van der Waals surface area contributed by atoms with Crippen molar-refractivity contribution in [1.82, 2.24) is 4.90 Å². The van der Waals surface area contributed by atoms with Crippen molar-refractivity contribution < 1.29 is 24.9 Å². The number of hydrogen-bond acceptors (Lipinski definition) is 6. The second-order valence-corrected chi connectivity index (χ2v) is 7.68. The van der Waals surface area contributed by atoms with Crippen molar-refractivity contribution in [2.45, 2.75) is 90.8 Å². The minimum absolute atomic E-state index is 0.00678.